The quantitative estimate of drug-likeness (QED) is 0.282. The molecule has 5 N–H and O–H groups in total. The molecule has 36 heavy (non-hydrogen) atoms. The molecule has 1 spiro atoms. The third kappa shape index (κ3) is 2.92. The number of anilines is 1. The maximum atomic E-state index is 14.4. The standard InChI is InChI=1S/C28H35NO7/c1-13-11-27-14(2)9-17-21(26(17,3)4)16(23(27)32)10-15(12-30)22(31)28(27,34)24(13)36-25(33)20-18(29)7-6-8-19(20)35-5/h6-8,10-11,14,16-17,21-22,24,30-31,34H,9,12,29H2,1-5H3/t14-,16+,17-,21?,22-,24+,27+,28+/m1/s1. The Hall–Kier alpha value is -2.68. The van der Waals surface area contributed by atoms with Gasteiger partial charge in [-0.1, -0.05) is 39.0 Å². The Morgan fingerprint density at radius 1 is 1.28 bits per heavy atom. The van der Waals surface area contributed by atoms with Crippen molar-refractivity contribution in [3.8, 4) is 5.75 Å². The lowest BCUT2D eigenvalue weighted by atomic mass is 9.59. The second-order valence-electron chi connectivity index (χ2n) is 11.6. The summed E-state index contributed by atoms with van der Waals surface area (Å²) in [5, 5.41) is 34.3. The van der Waals surface area contributed by atoms with E-state index in [1.807, 2.05) is 6.92 Å². The largest absolute Gasteiger partial charge is 0.496 e. The summed E-state index contributed by atoms with van der Waals surface area (Å²) in [7, 11) is 1.40. The van der Waals surface area contributed by atoms with Crippen molar-refractivity contribution in [2.45, 2.75) is 51.9 Å². The van der Waals surface area contributed by atoms with Crippen LogP contribution >= 0.6 is 0 Å². The SMILES string of the molecule is COc1cccc(N)c1C(=O)O[C@H]1C(C)=C[C@]23C(=O)[C@@H](C=C(CO)[C@@H](O)[C@]12O)C1[C@@H](C[C@H]3C)C1(C)C. The highest BCUT2D eigenvalue weighted by Crippen LogP contribution is 2.71. The van der Waals surface area contributed by atoms with Crippen LogP contribution < -0.4 is 10.5 Å². The third-order valence-corrected chi connectivity index (χ3v) is 9.60. The van der Waals surface area contributed by atoms with E-state index in [0.29, 0.717) is 12.0 Å². The number of aliphatic hydroxyl groups excluding tert-OH is 2. The monoisotopic (exact) mass is 497 g/mol. The second-order valence-corrected chi connectivity index (χ2v) is 11.6. The van der Waals surface area contributed by atoms with E-state index in [4.69, 9.17) is 15.2 Å². The van der Waals surface area contributed by atoms with E-state index in [1.165, 1.54) is 13.2 Å². The van der Waals surface area contributed by atoms with Crippen molar-refractivity contribution in [2.75, 3.05) is 19.5 Å². The van der Waals surface area contributed by atoms with Gasteiger partial charge in [-0.3, -0.25) is 4.79 Å². The molecule has 0 amide bonds. The van der Waals surface area contributed by atoms with Gasteiger partial charge in [-0.25, -0.2) is 4.79 Å². The van der Waals surface area contributed by atoms with Crippen LogP contribution in [0.2, 0.25) is 0 Å². The van der Waals surface area contributed by atoms with Gasteiger partial charge in [0.2, 0.25) is 0 Å². The molecule has 8 heteroatoms. The zero-order valence-corrected chi connectivity index (χ0v) is 21.3. The molecule has 8 atom stereocenters. The minimum atomic E-state index is -2.20. The number of carbonyl (C=O) groups excluding carboxylic acids is 2. The highest BCUT2D eigenvalue weighted by Gasteiger charge is 2.76. The number of nitrogens with two attached hydrogens (primary N) is 1. The van der Waals surface area contributed by atoms with Gasteiger partial charge in [0.15, 0.2) is 17.5 Å². The van der Waals surface area contributed by atoms with Crippen LogP contribution in [0, 0.1) is 34.5 Å². The van der Waals surface area contributed by atoms with E-state index in [-0.39, 0.29) is 51.5 Å². The number of Topliss-reactive ketones (excluding diaryl/α,β-unsaturated/α-hetero) is 1. The van der Waals surface area contributed by atoms with E-state index < -0.39 is 41.7 Å². The van der Waals surface area contributed by atoms with E-state index in [1.54, 1.807) is 31.2 Å². The number of hydrogen-bond acceptors (Lipinski definition) is 8. The average Bonchev–Trinajstić information content (AvgIpc) is 3.32. The first-order valence-corrected chi connectivity index (χ1v) is 12.5. The number of nitrogen functional groups attached to an aromatic ring is 1. The molecule has 0 heterocycles. The Labute approximate surface area is 210 Å². The summed E-state index contributed by atoms with van der Waals surface area (Å²) >= 11 is 0. The van der Waals surface area contributed by atoms with Crippen molar-refractivity contribution in [3.63, 3.8) is 0 Å². The van der Waals surface area contributed by atoms with Gasteiger partial charge in [-0.2, -0.15) is 0 Å². The second kappa shape index (κ2) is 7.91. The van der Waals surface area contributed by atoms with E-state index >= 15 is 0 Å². The summed E-state index contributed by atoms with van der Waals surface area (Å²) in [6, 6.07) is 4.75. The van der Waals surface area contributed by atoms with E-state index in [2.05, 4.69) is 13.8 Å². The highest BCUT2D eigenvalue weighted by molar-refractivity contribution is 5.99. The molecule has 0 saturated heterocycles. The first-order valence-electron chi connectivity index (χ1n) is 12.5. The number of esters is 1. The van der Waals surface area contributed by atoms with Crippen molar-refractivity contribution in [1.29, 1.82) is 0 Å². The fraction of sp³-hybridized carbons (Fsp3) is 0.571. The Kier molecular flexibility index (Phi) is 5.49. The molecule has 1 aromatic carbocycles. The van der Waals surface area contributed by atoms with Crippen LogP contribution in [0.4, 0.5) is 5.69 Å². The van der Waals surface area contributed by atoms with Crippen LogP contribution in [-0.4, -0.2) is 58.6 Å². The number of benzene rings is 1. The Morgan fingerprint density at radius 3 is 2.61 bits per heavy atom. The molecule has 0 aliphatic heterocycles. The van der Waals surface area contributed by atoms with Crippen molar-refractivity contribution in [1.82, 2.24) is 0 Å². The van der Waals surface area contributed by atoms with Crippen LogP contribution in [0.3, 0.4) is 0 Å². The lowest BCUT2D eigenvalue weighted by molar-refractivity contribution is -0.190. The predicted molar refractivity (Wildman–Crippen MR) is 132 cm³/mol. The summed E-state index contributed by atoms with van der Waals surface area (Å²) in [6.07, 6.45) is 1.06. The molecular weight excluding hydrogens is 462 g/mol. The summed E-state index contributed by atoms with van der Waals surface area (Å²) < 4.78 is 11.2. The van der Waals surface area contributed by atoms with Crippen molar-refractivity contribution in [2.24, 2.45) is 34.5 Å². The summed E-state index contributed by atoms with van der Waals surface area (Å²) in [5.41, 5.74) is 3.06. The Bertz CT molecular complexity index is 1200. The number of allylic oxidation sites excluding steroid dienone is 1. The normalized spacial score (nSPS) is 40.2. The van der Waals surface area contributed by atoms with Gasteiger partial charge >= 0.3 is 5.97 Å². The van der Waals surface area contributed by atoms with Gasteiger partial charge in [0, 0.05) is 11.6 Å². The fourth-order valence-corrected chi connectivity index (χ4v) is 7.70. The number of hydrogen-bond donors (Lipinski definition) is 4. The average molecular weight is 498 g/mol. The van der Waals surface area contributed by atoms with Crippen LogP contribution in [0.1, 0.15) is 44.5 Å². The summed E-state index contributed by atoms with van der Waals surface area (Å²) in [6.45, 7) is 7.34. The maximum Gasteiger partial charge on any atom is 0.344 e. The number of fused-ring (bicyclic) bond motifs is 3. The van der Waals surface area contributed by atoms with Gasteiger partial charge in [0.25, 0.3) is 0 Å². The smallest absolute Gasteiger partial charge is 0.344 e. The van der Waals surface area contributed by atoms with E-state index in [9.17, 15) is 24.9 Å². The lowest BCUT2D eigenvalue weighted by Gasteiger charge is -2.48. The maximum absolute atomic E-state index is 14.4. The molecule has 0 aromatic heterocycles. The molecule has 0 radical (unpaired) electrons. The number of aliphatic hydroxyl groups is 3. The fourth-order valence-electron chi connectivity index (χ4n) is 7.70. The van der Waals surface area contributed by atoms with Crippen molar-refractivity contribution < 1.29 is 34.4 Å². The first-order chi connectivity index (χ1) is 16.9. The number of methoxy groups -OCH3 is 1. The molecule has 8 nitrogen and oxygen atoms in total. The molecule has 2 fully saturated rings. The lowest BCUT2D eigenvalue weighted by Crippen LogP contribution is -2.65. The summed E-state index contributed by atoms with van der Waals surface area (Å²) in [5.74, 6) is -1.43. The highest BCUT2D eigenvalue weighted by atomic mass is 16.6. The van der Waals surface area contributed by atoms with Gasteiger partial charge in [-0.15, -0.1) is 0 Å². The van der Waals surface area contributed by atoms with Crippen LogP contribution in [0.25, 0.3) is 0 Å². The van der Waals surface area contributed by atoms with Gasteiger partial charge in [0.1, 0.15) is 17.4 Å². The molecule has 194 valence electrons. The minimum Gasteiger partial charge on any atom is -0.496 e. The third-order valence-electron chi connectivity index (χ3n) is 9.60. The number of rotatable bonds is 4. The van der Waals surface area contributed by atoms with Gasteiger partial charge in [-0.05, 0) is 59.8 Å². The number of ether oxygens (including phenoxy) is 2. The van der Waals surface area contributed by atoms with Gasteiger partial charge < -0.3 is 30.5 Å². The first kappa shape index (κ1) is 25.0. The molecule has 2 saturated carbocycles. The zero-order chi connectivity index (χ0) is 26.4. The molecule has 1 aromatic rings. The Morgan fingerprint density at radius 2 is 1.97 bits per heavy atom. The molecular formula is C28H35NO7. The van der Waals surface area contributed by atoms with Crippen LogP contribution in [0.15, 0.2) is 41.5 Å². The topological polar surface area (TPSA) is 139 Å². The molecule has 2 bridgehead atoms. The minimum absolute atomic E-state index is 0.000465. The zero-order valence-electron chi connectivity index (χ0n) is 21.3. The molecule has 4 aliphatic carbocycles. The summed E-state index contributed by atoms with van der Waals surface area (Å²) in [4.78, 5) is 27.8. The van der Waals surface area contributed by atoms with Gasteiger partial charge in [0.05, 0.1) is 19.1 Å². The molecule has 4 aliphatic rings. The number of ketones is 1. The molecule has 1 unspecified atom stereocenters. The Balaban J connectivity index is 1.64. The van der Waals surface area contributed by atoms with Crippen LogP contribution in [-0.2, 0) is 9.53 Å². The van der Waals surface area contributed by atoms with Crippen molar-refractivity contribution in [3.05, 3.63) is 47.1 Å². The molecule has 5 rings (SSSR count). The number of carbonyl (C=O) groups is 2. The van der Waals surface area contributed by atoms with Crippen molar-refractivity contribution >= 4 is 17.4 Å². The van der Waals surface area contributed by atoms with Crippen LogP contribution in [0.5, 0.6) is 5.75 Å². The van der Waals surface area contributed by atoms with E-state index in [0.717, 1.165) is 0 Å². The predicted octanol–water partition coefficient (Wildman–Crippen LogP) is 2.27.